The van der Waals surface area contributed by atoms with Gasteiger partial charge in [0.25, 0.3) is 15.9 Å². The van der Waals surface area contributed by atoms with Crippen molar-refractivity contribution in [2.45, 2.75) is 13.1 Å². The number of nitriles is 1. The van der Waals surface area contributed by atoms with E-state index < -0.39 is 44.8 Å². The first-order valence-electron chi connectivity index (χ1n) is 7.94. The van der Waals surface area contributed by atoms with Gasteiger partial charge in [-0.25, -0.2) is 17.2 Å². The third kappa shape index (κ3) is 3.88. The van der Waals surface area contributed by atoms with E-state index in [0.29, 0.717) is 15.5 Å². The van der Waals surface area contributed by atoms with Crippen molar-refractivity contribution in [2.24, 2.45) is 0 Å². The number of nitrogens with zero attached hydrogens (tertiary/aromatic N) is 2. The molecule has 0 aromatic heterocycles. The summed E-state index contributed by atoms with van der Waals surface area (Å²) >= 11 is 0. The van der Waals surface area contributed by atoms with Gasteiger partial charge in [0.2, 0.25) is 0 Å². The Bertz CT molecular complexity index is 1080. The number of carbonyl (C=O) groups is 1. The first kappa shape index (κ1) is 19.5. The van der Waals surface area contributed by atoms with Gasteiger partial charge in [-0.2, -0.15) is 9.68 Å². The zero-order valence-electron chi connectivity index (χ0n) is 14.2. The van der Waals surface area contributed by atoms with Gasteiger partial charge >= 0.3 is 0 Å². The van der Waals surface area contributed by atoms with Crippen LogP contribution in [0.25, 0.3) is 0 Å². The minimum absolute atomic E-state index is 0.0961. The molecule has 0 spiro atoms. The minimum atomic E-state index is -4.11. The molecule has 0 aliphatic carbocycles. The van der Waals surface area contributed by atoms with Crippen LogP contribution < -0.4 is 15.2 Å². The summed E-state index contributed by atoms with van der Waals surface area (Å²) in [5.41, 5.74) is 2.16. The van der Waals surface area contributed by atoms with E-state index >= 15 is 0 Å². The Kier molecular flexibility index (Phi) is 5.17. The molecule has 146 valence electrons. The van der Waals surface area contributed by atoms with E-state index in [-0.39, 0.29) is 18.7 Å². The van der Waals surface area contributed by atoms with Gasteiger partial charge in [0, 0.05) is 13.1 Å². The summed E-state index contributed by atoms with van der Waals surface area (Å²) < 4.78 is 51.8. The molecule has 0 unspecified atom stereocenters. The number of amides is 1. The summed E-state index contributed by atoms with van der Waals surface area (Å²) in [6, 6.07) is 7.95. The first-order chi connectivity index (χ1) is 13.2. The average molecular weight is 408 g/mol. The maximum atomic E-state index is 14.4. The van der Waals surface area contributed by atoms with Crippen LogP contribution >= 0.6 is 0 Å². The Morgan fingerprint density at radius 1 is 1.18 bits per heavy atom. The molecule has 11 heteroatoms. The second-order valence-electron chi connectivity index (χ2n) is 6.03. The van der Waals surface area contributed by atoms with Gasteiger partial charge in [-0.3, -0.25) is 10.2 Å². The number of phenolic OH excluding ortho intramolecular Hbond substituents is 1. The second kappa shape index (κ2) is 7.41. The van der Waals surface area contributed by atoms with E-state index in [2.05, 4.69) is 5.32 Å². The highest BCUT2D eigenvalue weighted by molar-refractivity contribution is 7.93. The normalized spacial score (nSPS) is 15.3. The number of hydrazine groups is 1. The molecule has 28 heavy (non-hydrogen) atoms. The summed E-state index contributed by atoms with van der Waals surface area (Å²) in [6.07, 6.45) is 0. The predicted molar refractivity (Wildman–Crippen MR) is 94.1 cm³/mol. The number of anilines is 1. The molecule has 3 rings (SSSR count). The number of aromatic hydroxyl groups is 1. The summed E-state index contributed by atoms with van der Waals surface area (Å²) in [6.45, 7) is 0.346. The first-order valence-corrected chi connectivity index (χ1v) is 9.55. The molecule has 0 bridgehead atoms. The highest BCUT2D eigenvalue weighted by Gasteiger charge is 2.38. The van der Waals surface area contributed by atoms with Crippen LogP contribution in [0.1, 0.15) is 16.7 Å². The van der Waals surface area contributed by atoms with Gasteiger partial charge in [0.05, 0.1) is 5.56 Å². The zero-order valence-corrected chi connectivity index (χ0v) is 15.1. The Morgan fingerprint density at radius 2 is 1.89 bits per heavy atom. The number of benzene rings is 2. The largest absolute Gasteiger partial charge is 0.506 e. The predicted octanol–water partition coefficient (Wildman–Crippen LogP) is 1.01. The third-order valence-corrected chi connectivity index (χ3v) is 5.39. The van der Waals surface area contributed by atoms with Crippen molar-refractivity contribution >= 4 is 21.6 Å². The van der Waals surface area contributed by atoms with E-state index in [4.69, 9.17) is 5.26 Å². The summed E-state index contributed by atoms with van der Waals surface area (Å²) in [7, 11) is -4.11. The van der Waals surface area contributed by atoms with Crippen molar-refractivity contribution in [3.05, 3.63) is 58.7 Å². The number of carbonyl (C=O) groups excluding carboxylic acids is 1. The molecular formula is C17H14F2N4O4S. The molecule has 2 aromatic carbocycles. The topological polar surface area (TPSA) is 123 Å². The van der Waals surface area contributed by atoms with Crippen molar-refractivity contribution in [3.63, 3.8) is 0 Å². The Labute approximate surface area is 159 Å². The monoisotopic (exact) mass is 408 g/mol. The van der Waals surface area contributed by atoms with Gasteiger partial charge in [-0.05, 0) is 35.4 Å². The van der Waals surface area contributed by atoms with Crippen LogP contribution in [0.2, 0.25) is 0 Å². The smallest absolute Gasteiger partial charge is 0.262 e. The van der Waals surface area contributed by atoms with Gasteiger partial charge in [0.1, 0.15) is 17.6 Å². The van der Waals surface area contributed by atoms with Crippen molar-refractivity contribution < 1.29 is 27.1 Å². The van der Waals surface area contributed by atoms with E-state index in [1.807, 2.05) is 5.43 Å². The highest BCUT2D eigenvalue weighted by Crippen LogP contribution is 2.34. The zero-order chi connectivity index (χ0) is 20.5. The Hall–Kier alpha value is -3.23. The van der Waals surface area contributed by atoms with Crippen LogP contribution in [0.3, 0.4) is 0 Å². The number of hydrogen-bond donors (Lipinski definition) is 3. The number of rotatable bonds is 5. The molecule has 1 fully saturated rings. The number of nitrogens with one attached hydrogen (secondary N) is 2. The lowest BCUT2D eigenvalue weighted by Crippen LogP contribution is -2.36. The van der Waals surface area contributed by atoms with E-state index in [9.17, 15) is 27.1 Å². The molecule has 1 aliphatic heterocycles. The third-order valence-electron chi connectivity index (χ3n) is 3.93. The van der Waals surface area contributed by atoms with Crippen LogP contribution in [0.15, 0.2) is 30.3 Å². The van der Waals surface area contributed by atoms with Gasteiger partial charge in [0.15, 0.2) is 17.3 Å². The fourth-order valence-corrected chi connectivity index (χ4v) is 3.93. The van der Waals surface area contributed by atoms with Crippen LogP contribution in [-0.4, -0.2) is 25.2 Å². The number of hydrogen-bond acceptors (Lipinski definition) is 6. The van der Waals surface area contributed by atoms with Crippen molar-refractivity contribution in [3.8, 4) is 11.8 Å². The number of sulfonamides is 1. The lowest BCUT2D eigenvalue weighted by Gasteiger charge is -2.18. The molecule has 0 radical (unpaired) electrons. The van der Waals surface area contributed by atoms with E-state index in [1.54, 1.807) is 6.07 Å². The fraction of sp³-hybridized carbons (Fsp3) is 0.176. The Morgan fingerprint density at radius 3 is 2.50 bits per heavy atom. The molecule has 0 atom stereocenters. The number of halogens is 2. The molecule has 3 N–H and O–H groups in total. The van der Waals surface area contributed by atoms with Gasteiger partial charge in [-0.1, -0.05) is 6.07 Å². The van der Waals surface area contributed by atoms with Crippen LogP contribution in [0.4, 0.5) is 14.5 Å². The molecule has 2 aromatic rings. The van der Waals surface area contributed by atoms with Gasteiger partial charge < -0.3 is 10.4 Å². The summed E-state index contributed by atoms with van der Waals surface area (Å²) in [5, 5.41) is 21.8. The quantitative estimate of drug-likeness (QED) is 0.679. The summed E-state index contributed by atoms with van der Waals surface area (Å²) in [5.74, 6) is -3.98. The molecule has 1 amide bonds. The van der Waals surface area contributed by atoms with Gasteiger partial charge in [-0.15, -0.1) is 0 Å². The Balaban J connectivity index is 1.73. The van der Waals surface area contributed by atoms with Crippen molar-refractivity contribution in [1.29, 1.82) is 5.26 Å². The SMILES string of the molecule is N#Cc1cc(CNCc2cc(O)c(N3NC(=O)CS3(=O)=O)c(F)c2)ccc1F. The van der Waals surface area contributed by atoms with Crippen molar-refractivity contribution in [2.75, 3.05) is 10.2 Å². The standard InChI is InChI=1S/C17H14F2N4O4S/c18-13-2-1-10(3-12(13)6-20)7-21-8-11-4-14(19)17(15(24)5-11)23-22-16(25)9-28(23,26)27/h1-5,21,24H,7-9H2,(H,22,25). The van der Waals surface area contributed by atoms with Crippen molar-refractivity contribution in [1.82, 2.24) is 10.7 Å². The molecule has 1 aliphatic rings. The average Bonchev–Trinajstić information content (AvgIpc) is 2.88. The highest BCUT2D eigenvalue weighted by atomic mass is 32.2. The van der Waals surface area contributed by atoms with E-state index in [1.165, 1.54) is 18.2 Å². The van der Waals surface area contributed by atoms with Crippen LogP contribution in [-0.2, 0) is 27.9 Å². The maximum absolute atomic E-state index is 14.4. The second-order valence-corrected chi connectivity index (χ2v) is 7.85. The number of phenols is 1. The minimum Gasteiger partial charge on any atom is -0.506 e. The summed E-state index contributed by atoms with van der Waals surface area (Å²) in [4.78, 5) is 11.3. The molecule has 0 saturated carbocycles. The lowest BCUT2D eigenvalue weighted by atomic mass is 10.1. The molecular weight excluding hydrogens is 394 g/mol. The lowest BCUT2D eigenvalue weighted by molar-refractivity contribution is -0.117. The van der Waals surface area contributed by atoms with Crippen LogP contribution in [0, 0.1) is 23.0 Å². The van der Waals surface area contributed by atoms with E-state index in [0.717, 1.165) is 12.1 Å². The fourth-order valence-electron chi connectivity index (χ4n) is 2.70. The molecule has 1 saturated heterocycles. The maximum Gasteiger partial charge on any atom is 0.262 e. The molecule has 8 nitrogen and oxygen atoms in total. The van der Waals surface area contributed by atoms with Crippen LogP contribution in [0.5, 0.6) is 5.75 Å². The molecule has 1 heterocycles.